The lowest BCUT2D eigenvalue weighted by Gasteiger charge is -2.27. The standard InChI is InChI=1S/C13H25NO2S/c1-10(8-13(2,14-3)12(15)16)17-9-11-6-4-5-7-11/h10-11,14H,4-9H2,1-3H3,(H,15,16). The number of rotatable bonds is 7. The second kappa shape index (κ2) is 6.64. The molecule has 1 rings (SSSR count). The monoisotopic (exact) mass is 259 g/mol. The summed E-state index contributed by atoms with van der Waals surface area (Å²) in [6.45, 7) is 3.90. The average molecular weight is 259 g/mol. The molecule has 0 radical (unpaired) electrons. The summed E-state index contributed by atoms with van der Waals surface area (Å²) in [4.78, 5) is 11.2. The predicted molar refractivity (Wildman–Crippen MR) is 73.6 cm³/mol. The number of carboxylic acid groups (broad SMARTS) is 1. The Labute approximate surface area is 109 Å². The maximum absolute atomic E-state index is 11.2. The minimum Gasteiger partial charge on any atom is -0.480 e. The maximum Gasteiger partial charge on any atom is 0.323 e. The van der Waals surface area contributed by atoms with Gasteiger partial charge in [-0.2, -0.15) is 11.8 Å². The highest BCUT2D eigenvalue weighted by Crippen LogP contribution is 2.31. The molecule has 2 N–H and O–H groups in total. The van der Waals surface area contributed by atoms with E-state index < -0.39 is 11.5 Å². The third kappa shape index (κ3) is 4.51. The Morgan fingerprint density at radius 1 is 1.53 bits per heavy atom. The fraction of sp³-hybridized carbons (Fsp3) is 0.923. The molecule has 0 amide bonds. The third-order valence-corrected chi connectivity index (χ3v) is 5.21. The third-order valence-electron chi connectivity index (χ3n) is 3.81. The minimum atomic E-state index is -0.790. The van der Waals surface area contributed by atoms with E-state index in [0.29, 0.717) is 11.7 Å². The number of nitrogens with one attached hydrogen (secondary N) is 1. The van der Waals surface area contributed by atoms with Crippen LogP contribution in [0.4, 0.5) is 0 Å². The molecular weight excluding hydrogens is 234 g/mol. The van der Waals surface area contributed by atoms with Crippen LogP contribution < -0.4 is 5.32 Å². The van der Waals surface area contributed by atoms with Gasteiger partial charge < -0.3 is 10.4 Å². The SMILES string of the molecule is CNC(C)(CC(C)SCC1CCCC1)C(=O)O. The van der Waals surface area contributed by atoms with E-state index in [2.05, 4.69) is 12.2 Å². The topological polar surface area (TPSA) is 49.3 Å². The largest absolute Gasteiger partial charge is 0.480 e. The molecule has 1 aliphatic rings. The highest BCUT2D eigenvalue weighted by molar-refractivity contribution is 7.99. The van der Waals surface area contributed by atoms with E-state index in [9.17, 15) is 9.90 Å². The van der Waals surface area contributed by atoms with Crippen LogP contribution in [0.3, 0.4) is 0 Å². The lowest BCUT2D eigenvalue weighted by Crippen LogP contribution is -2.49. The number of likely N-dealkylation sites (N-methyl/N-ethyl adjacent to an activating group) is 1. The van der Waals surface area contributed by atoms with Crippen molar-refractivity contribution >= 4 is 17.7 Å². The van der Waals surface area contributed by atoms with E-state index in [1.807, 2.05) is 11.8 Å². The van der Waals surface area contributed by atoms with Gasteiger partial charge in [0.05, 0.1) is 0 Å². The van der Waals surface area contributed by atoms with Crippen molar-refractivity contribution in [2.45, 2.75) is 56.7 Å². The first kappa shape index (κ1) is 14.8. The number of hydrogen-bond donors (Lipinski definition) is 2. The van der Waals surface area contributed by atoms with E-state index in [0.717, 1.165) is 5.92 Å². The molecule has 4 heteroatoms. The van der Waals surface area contributed by atoms with Crippen LogP contribution in [0.25, 0.3) is 0 Å². The Kier molecular flexibility index (Phi) is 5.80. The summed E-state index contributed by atoms with van der Waals surface area (Å²) in [5, 5.41) is 12.5. The summed E-state index contributed by atoms with van der Waals surface area (Å²) in [5.41, 5.74) is -0.790. The number of carboxylic acids is 1. The molecule has 0 saturated heterocycles. The molecule has 0 bridgehead atoms. The van der Waals surface area contributed by atoms with Gasteiger partial charge in [0.2, 0.25) is 0 Å². The number of thioether (sulfide) groups is 1. The average Bonchev–Trinajstić information content (AvgIpc) is 2.78. The Morgan fingerprint density at radius 2 is 2.12 bits per heavy atom. The van der Waals surface area contributed by atoms with Crippen LogP contribution in [0.5, 0.6) is 0 Å². The van der Waals surface area contributed by atoms with Crippen LogP contribution in [-0.2, 0) is 4.79 Å². The van der Waals surface area contributed by atoms with E-state index >= 15 is 0 Å². The molecular formula is C13H25NO2S. The molecule has 2 atom stereocenters. The van der Waals surface area contributed by atoms with Gasteiger partial charge in [-0.25, -0.2) is 0 Å². The van der Waals surface area contributed by atoms with Crippen molar-refractivity contribution in [2.75, 3.05) is 12.8 Å². The summed E-state index contributed by atoms with van der Waals surface area (Å²) in [6, 6.07) is 0. The molecule has 17 heavy (non-hydrogen) atoms. The minimum absolute atomic E-state index is 0.393. The van der Waals surface area contributed by atoms with Gasteiger partial charge in [-0.15, -0.1) is 0 Å². The molecule has 0 heterocycles. The van der Waals surface area contributed by atoms with Crippen molar-refractivity contribution in [3.63, 3.8) is 0 Å². The van der Waals surface area contributed by atoms with Crippen LogP contribution in [0, 0.1) is 5.92 Å². The summed E-state index contributed by atoms with van der Waals surface area (Å²) < 4.78 is 0. The van der Waals surface area contributed by atoms with E-state index in [1.165, 1.54) is 31.4 Å². The lowest BCUT2D eigenvalue weighted by atomic mass is 9.96. The molecule has 0 aliphatic heterocycles. The fourth-order valence-corrected chi connectivity index (χ4v) is 3.79. The molecule has 1 saturated carbocycles. The van der Waals surface area contributed by atoms with Gasteiger partial charge in [0.1, 0.15) is 5.54 Å². The Bertz CT molecular complexity index is 254. The molecule has 3 nitrogen and oxygen atoms in total. The highest BCUT2D eigenvalue weighted by atomic mass is 32.2. The molecule has 2 unspecified atom stereocenters. The van der Waals surface area contributed by atoms with Crippen molar-refractivity contribution in [3.8, 4) is 0 Å². The van der Waals surface area contributed by atoms with Gasteiger partial charge >= 0.3 is 5.97 Å². The Morgan fingerprint density at radius 3 is 2.59 bits per heavy atom. The quantitative estimate of drug-likeness (QED) is 0.738. The van der Waals surface area contributed by atoms with Crippen molar-refractivity contribution in [1.29, 1.82) is 0 Å². The van der Waals surface area contributed by atoms with E-state index in [1.54, 1.807) is 14.0 Å². The first-order chi connectivity index (χ1) is 7.98. The number of carbonyl (C=O) groups is 1. The molecule has 1 fully saturated rings. The molecule has 100 valence electrons. The predicted octanol–water partition coefficient (Wildman–Crippen LogP) is 2.75. The summed E-state index contributed by atoms with van der Waals surface area (Å²) in [6.07, 6.45) is 6.16. The zero-order valence-corrected chi connectivity index (χ0v) is 12.0. The number of aliphatic carboxylic acids is 1. The second-order valence-electron chi connectivity index (χ2n) is 5.39. The van der Waals surface area contributed by atoms with Crippen molar-refractivity contribution < 1.29 is 9.90 Å². The number of hydrogen-bond acceptors (Lipinski definition) is 3. The van der Waals surface area contributed by atoms with Gasteiger partial charge in [-0.3, -0.25) is 4.79 Å². The summed E-state index contributed by atoms with van der Waals surface area (Å²) in [7, 11) is 1.72. The van der Waals surface area contributed by atoms with Gasteiger partial charge in [0, 0.05) is 5.25 Å². The van der Waals surface area contributed by atoms with Crippen LogP contribution in [-0.4, -0.2) is 34.7 Å². The van der Waals surface area contributed by atoms with E-state index in [4.69, 9.17) is 0 Å². The molecule has 0 spiro atoms. The summed E-state index contributed by atoms with van der Waals surface area (Å²) >= 11 is 1.93. The summed E-state index contributed by atoms with van der Waals surface area (Å²) in [5.74, 6) is 1.31. The molecule has 1 aliphatic carbocycles. The fourth-order valence-electron chi connectivity index (χ4n) is 2.41. The highest BCUT2D eigenvalue weighted by Gasteiger charge is 2.33. The van der Waals surface area contributed by atoms with Crippen LogP contribution >= 0.6 is 11.8 Å². The Balaban J connectivity index is 2.31. The molecule has 0 aromatic rings. The van der Waals surface area contributed by atoms with Crippen LogP contribution in [0.1, 0.15) is 46.0 Å². The molecule has 0 aromatic carbocycles. The van der Waals surface area contributed by atoms with Gasteiger partial charge in [-0.1, -0.05) is 19.8 Å². The lowest BCUT2D eigenvalue weighted by molar-refractivity contribution is -0.144. The van der Waals surface area contributed by atoms with E-state index in [-0.39, 0.29) is 0 Å². The second-order valence-corrected chi connectivity index (χ2v) is 6.86. The molecule has 0 aromatic heterocycles. The smallest absolute Gasteiger partial charge is 0.323 e. The van der Waals surface area contributed by atoms with Crippen molar-refractivity contribution in [3.05, 3.63) is 0 Å². The van der Waals surface area contributed by atoms with Crippen molar-refractivity contribution in [2.24, 2.45) is 5.92 Å². The maximum atomic E-state index is 11.2. The first-order valence-corrected chi connectivity index (χ1v) is 7.56. The van der Waals surface area contributed by atoms with Crippen LogP contribution in [0.15, 0.2) is 0 Å². The van der Waals surface area contributed by atoms with Crippen LogP contribution in [0.2, 0.25) is 0 Å². The zero-order valence-electron chi connectivity index (χ0n) is 11.2. The van der Waals surface area contributed by atoms with Gasteiger partial charge in [0.15, 0.2) is 0 Å². The zero-order chi connectivity index (χ0) is 12.9. The van der Waals surface area contributed by atoms with Gasteiger partial charge in [0.25, 0.3) is 0 Å². The first-order valence-electron chi connectivity index (χ1n) is 6.52. The normalized spacial score (nSPS) is 22.3. The van der Waals surface area contributed by atoms with Gasteiger partial charge in [-0.05, 0) is 44.9 Å². The Hall–Kier alpha value is -0.220. The van der Waals surface area contributed by atoms with Crippen molar-refractivity contribution in [1.82, 2.24) is 5.32 Å².